The Morgan fingerprint density at radius 1 is 0.731 bits per heavy atom. The van der Waals surface area contributed by atoms with Crippen LogP contribution >= 0.6 is 23.2 Å². The molecule has 0 saturated heterocycles. The third-order valence-corrected chi connectivity index (χ3v) is 4.82. The van der Waals surface area contributed by atoms with Gasteiger partial charge in [-0.1, -0.05) is 60.7 Å². The van der Waals surface area contributed by atoms with Gasteiger partial charge < -0.3 is 0 Å². The van der Waals surface area contributed by atoms with Crippen LogP contribution in [0.15, 0.2) is 24.3 Å². The van der Waals surface area contributed by atoms with E-state index >= 15 is 0 Å². The fourth-order valence-corrected chi connectivity index (χ4v) is 3.29. The molecule has 3 rings (SSSR count). The largest absolute Gasteiger partial charge is 0.289 e. The quantitative estimate of drug-likeness (QED) is 0.463. The SMILES string of the molecule is CCCC#Cc1cc2c(cc1Cl)-c1cc(Cl)c(C#CCCC)cc1C2=O. The lowest BCUT2D eigenvalue weighted by molar-refractivity contribution is 0.104. The first kappa shape index (κ1) is 18.6. The molecular weight excluding hydrogens is 363 g/mol. The Kier molecular flexibility index (Phi) is 5.73. The lowest BCUT2D eigenvalue weighted by atomic mass is 10.0. The van der Waals surface area contributed by atoms with E-state index in [1.165, 1.54) is 0 Å². The molecule has 0 spiro atoms. The maximum atomic E-state index is 12.9. The predicted octanol–water partition coefficient (Wildman–Crippen LogP) is 6.51. The summed E-state index contributed by atoms with van der Waals surface area (Å²) in [6.07, 6.45) is 3.58. The molecule has 2 aromatic rings. The molecule has 0 bridgehead atoms. The summed E-state index contributed by atoms with van der Waals surface area (Å²) in [5.74, 6) is 12.3. The van der Waals surface area contributed by atoms with Crippen LogP contribution in [-0.2, 0) is 0 Å². The molecular formula is C23H18Cl2O. The summed E-state index contributed by atoms with van der Waals surface area (Å²) in [5, 5.41) is 1.10. The Hall–Kier alpha value is -2.19. The highest BCUT2D eigenvalue weighted by atomic mass is 35.5. The molecule has 0 saturated carbocycles. The third kappa shape index (κ3) is 3.52. The van der Waals surface area contributed by atoms with Gasteiger partial charge >= 0.3 is 0 Å². The molecule has 1 aliphatic rings. The smallest absolute Gasteiger partial charge is 0.194 e. The molecule has 0 atom stereocenters. The third-order valence-electron chi connectivity index (χ3n) is 4.19. The molecule has 0 radical (unpaired) electrons. The minimum Gasteiger partial charge on any atom is -0.289 e. The molecule has 0 heterocycles. The van der Waals surface area contributed by atoms with Gasteiger partial charge in [-0.05, 0) is 48.2 Å². The van der Waals surface area contributed by atoms with Gasteiger partial charge in [-0.25, -0.2) is 0 Å². The van der Waals surface area contributed by atoms with E-state index in [4.69, 9.17) is 23.2 Å². The van der Waals surface area contributed by atoms with Gasteiger partial charge in [-0.2, -0.15) is 0 Å². The topological polar surface area (TPSA) is 17.1 Å². The van der Waals surface area contributed by atoms with Crippen LogP contribution in [0.5, 0.6) is 0 Å². The number of fused-ring (bicyclic) bond motifs is 3. The highest BCUT2D eigenvalue weighted by molar-refractivity contribution is 6.34. The van der Waals surface area contributed by atoms with Crippen molar-refractivity contribution in [3.63, 3.8) is 0 Å². The normalized spacial score (nSPS) is 11.2. The van der Waals surface area contributed by atoms with E-state index in [2.05, 4.69) is 37.5 Å². The molecule has 0 fully saturated rings. The molecule has 0 N–H and O–H groups in total. The van der Waals surface area contributed by atoms with Gasteiger partial charge in [0, 0.05) is 35.1 Å². The monoisotopic (exact) mass is 380 g/mol. The molecule has 3 heteroatoms. The van der Waals surface area contributed by atoms with E-state index in [0.717, 1.165) is 36.8 Å². The van der Waals surface area contributed by atoms with Gasteiger partial charge in [-0.3, -0.25) is 4.79 Å². The zero-order valence-electron chi connectivity index (χ0n) is 14.8. The Balaban J connectivity index is 2.08. The number of benzene rings is 2. The number of hydrogen-bond donors (Lipinski definition) is 0. The minimum absolute atomic E-state index is 0.0274. The van der Waals surface area contributed by atoms with E-state index < -0.39 is 0 Å². The molecule has 2 aromatic carbocycles. The van der Waals surface area contributed by atoms with Crippen molar-refractivity contribution in [1.82, 2.24) is 0 Å². The number of unbranched alkanes of at least 4 members (excludes halogenated alkanes) is 2. The van der Waals surface area contributed by atoms with Crippen LogP contribution in [0.3, 0.4) is 0 Å². The fraction of sp³-hybridized carbons (Fsp3) is 0.261. The number of ketones is 1. The molecule has 0 aromatic heterocycles. The number of rotatable bonds is 2. The van der Waals surface area contributed by atoms with E-state index in [0.29, 0.717) is 32.3 Å². The van der Waals surface area contributed by atoms with Crippen molar-refractivity contribution in [2.75, 3.05) is 0 Å². The van der Waals surface area contributed by atoms with Crippen molar-refractivity contribution in [2.24, 2.45) is 0 Å². The van der Waals surface area contributed by atoms with E-state index in [1.807, 2.05) is 12.1 Å². The average molecular weight is 381 g/mol. The van der Waals surface area contributed by atoms with E-state index in [-0.39, 0.29) is 5.78 Å². The van der Waals surface area contributed by atoms with Gasteiger partial charge in [-0.15, -0.1) is 0 Å². The maximum absolute atomic E-state index is 12.9. The van der Waals surface area contributed by atoms with E-state index in [9.17, 15) is 4.79 Å². The highest BCUT2D eigenvalue weighted by Gasteiger charge is 2.29. The Morgan fingerprint density at radius 2 is 1.15 bits per heavy atom. The van der Waals surface area contributed by atoms with Crippen LogP contribution in [0.2, 0.25) is 10.0 Å². The van der Waals surface area contributed by atoms with Crippen LogP contribution in [0.4, 0.5) is 0 Å². The number of carbonyl (C=O) groups excluding carboxylic acids is 1. The van der Waals surface area contributed by atoms with E-state index in [1.54, 1.807) is 12.1 Å². The average Bonchev–Trinajstić information content (AvgIpc) is 2.87. The van der Waals surface area contributed by atoms with Crippen LogP contribution in [0.25, 0.3) is 11.1 Å². The van der Waals surface area contributed by atoms with Crippen LogP contribution in [0.1, 0.15) is 66.6 Å². The second-order valence-corrected chi connectivity index (χ2v) is 7.00. The summed E-state index contributed by atoms with van der Waals surface area (Å²) in [6.45, 7) is 4.15. The van der Waals surface area contributed by atoms with Gasteiger partial charge in [0.15, 0.2) is 5.78 Å². The van der Waals surface area contributed by atoms with Crippen molar-refractivity contribution in [2.45, 2.75) is 39.5 Å². The maximum Gasteiger partial charge on any atom is 0.194 e. The summed E-state index contributed by atoms with van der Waals surface area (Å²) in [5.41, 5.74) is 4.25. The zero-order valence-corrected chi connectivity index (χ0v) is 16.3. The summed E-state index contributed by atoms with van der Waals surface area (Å²) in [6, 6.07) is 7.21. The molecule has 1 nitrogen and oxygen atoms in total. The number of halogens is 2. The molecule has 0 amide bonds. The molecule has 0 aliphatic heterocycles. The molecule has 1 aliphatic carbocycles. The second kappa shape index (κ2) is 8.01. The first-order valence-electron chi connectivity index (χ1n) is 8.76. The van der Waals surface area contributed by atoms with Crippen LogP contribution < -0.4 is 0 Å². The molecule has 130 valence electrons. The van der Waals surface area contributed by atoms with Gasteiger partial charge in [0.1, 0.15) is 0 Å². The first-order chi connectivity index (χ1) is 12.6. The first-order valence-corrected chi connectivity index (χ1v) is 9.52. The second-order valence-electron chi connectivity index (χ2n) is 6.19. The fourth-order valence-electron chi connectivity index (χ4n) is 2.87. The Bertz CT molecular complexity index is 929. The highest BCUT2D eigenvalue weighted by Crippen LogP contribution is 2.41. The van der Waals surface area contributed by atoms with Crippen molar-refractivity contribution in [3.8, 4) is 34.8 Å². The van der Waals surface area contributed by atoms with Crippen LogP contribution in [-0.4, -0.2) is 5.78 Å². The Morgan fingerprint density at radius 3 is 1.54 bits per heavy atom. The summed E-state index contributed by atoms with van der Waals surface area (Å²) in [7, 11) is 0. The predicted molar refractivity (Wildman–Crippen MR) is 109 cm³/mol. The van der Waals surface area contributed by atoms with Gasteiger partial charge in [0.2, 0.25) is 0 Å². The van der Waals surface area contributed by atoms with Crippen molar-refractivity contribution in [3.05, 3.63) is 56.6 Å². The van der Waals surface area contributed by atoms with Gasteiger partial charge in [0.05, 0.1) is 10.0 Å². The van der Waals surface area contributed by atoms with Crippen molar-refractivity contribution < 1.29 is 4.79 Å². The summed E-state index contributed by atoms with van der Waals surface area (Å²) >= 11 is 12.8. The lowest BCUT2D eigenvalue weighted by Gasteiger charge is -2.04. The van der Waals surface area contributed by atoms with Gasteiger partial charge in [0.25, 0.3) is 0 Å². The molecule has 26 heavy (non-hydrogen) atoms. The van der Waals surface area contributed by atoms with Crippen molar-refractivity contribution in [1.29, 1.82) is 0 Å². The minimum atomic E-state index is -0.0274. The number of hydrogen-bond acceptors (Lipinski definition) is 1. The summed E-state index contributed by atoms with van der Waals surface area (Å²) in [4.78, 5) is 12.9. The lowest BCUT2D eigenvalue weighted by Crippen LogP contribution is -1.96. The molecule has 0 unspecified atom stereocenters. The summed E-state index contributed by atoms with van der Waals surface area (Å²) < 4.78 is 0. The van der Waals surface area contributed by atoms with Crippen molar-refractivity contribution >= 4 is 29.0 Å². The standard InChI is InChI=1S/C23H18Cl2O/c1-3-5-7-9-15-11-19-17(13-21(15)24)18-14-22(25)16(10-8-6-4-2)12-20(18)23(19)26/h11-14H,3-6H2,1-2H3. The zero-order chi connectivity index (χ0) is 18.7. The number of carbonyl (C=O) groups is 1. The van der Waals surface area contributed by atoms with Crippen LogP contribution in [0, 0.1) is 23.7 Å². The Labute approximate surface area is 164 Å².